The van der Waals surface area contributed by atoms with E-state index in [4.69, 9.17) is 0 Å². The molecule has 4 rings (SSSR count). The van der Waals surface area contributed by atoms with E-state index in [2.05, 4.69) is 15.3 Å². The van der Waals surface area contributed by atoms with Crippen molar-refractivity contribution in [3.05, 3.63) is 58.8 Å². The monoisotopic (exact) mass is 460 g/mol. The van der Waals surface area contributed by atoms with E-state index in [0.29, 0.717) is 23.8 Å². The van der Waals surface area contributed by atoms with Crippen molar-refractivity contribution in [2.45, 2.75) is 51.0 Å². The summed E-state index contributed by atoms with van der Waals surface area (Å²) < 4.78 is 55.7. The summed E-state index contributed by atoms with van der Waals surface area (Å²) in [6.07, 6.45) is 3.89. The molecular weight excluding hydrogens is 434 g/mol. The molecule has 2 aromatic carbocycles. The smallest absolute Gasteiger partial charge is 0.243 e. The van der Waals surface area contributed by atoms with Gasteiger partial charge in [0.05, 0.1) is 22.1 Å². The van der Waals surface area contributed by atoms with E-state index in [1.807, 2.05) is 32.9 Å². The molecule has 6 nitrogen and oxygen atoms in total. The van der Waals surface area contributed by atoms with Crippen molar-refractivity contribution in [2.24, 2.45) is 0 Å². The Balaban J connectivity index is 1.58. The highest BCUT2D eigenvalue weighted by Gasteiger charge is 2.35. The van der Waals surface area contributed by atoms with Gasteiger partial charge in [-0.15, -0.1) is 0 Å². The van der Waals surface area contributed by atoms with Crippen LogP contribution in [-0.4, -0.2) is 41.8 Å². The van der Waals surface area contributed by atoms with Crippen LogP contribution in [0.4, 0.5) is 14.6 Å². The fourth-order valence-electron chi connectivity index (χ4n) is 4.50. The Morgan fingerprint density at radius 2 is 1.69 bits per heavy atom. The van der Waals surface area contributed by atoms with Crippen molar-refractivity contribution in [1.29, 1.82) is 0 Å². The highest BCUT2D eigenvalue weighted by atomic mass is 32.2. The van der Waals surface area contributed by atoms with Gasteiger partial charge in [-0.05, 0) is 44.7 Å². The largest absolute Gasteiger partial charge is 0.367 e. The van der Waals surface area contributed by atoms with E-state index in [0.717, 1.165) is 48.1 Å². The minimum Gasteiger partial charge on any atom is -0.367 e. The van der Waals surface area contributed by atoms with Gasteiger partial charge in [-0.3, -0.25) is 4.98 Å². The molecule has 0 bridgehead atoms. The predicted octanol–water partition coefficient (Wildman–Crippen LogP) is 4.49. The number of fused-ring (bicyclic) bond motifs is 1. The number of anilines is 1. The van der Waals surface area contributed by atoms with Gasteiger partial charge in [0.25, 0.3) is 0 Å². The number of hydrogen-bond acceptors (Lipinski definition) is 5. The van der Waals surface area contributed by atoms with Gasteiger partial charge in [-0.25, -0.2) is 22.2 Å². The number of piperidine rings is 1. The third-order valence-corrected chi connectivity index (χ3v) is 8.11. The molecule has 0 amide bonds. The summed E-state index contributed by atoms with van der Waals surface area (Å²) in [7, 11) is -3.67. The summed E-state index contributed by atoms with van der Waals surface area (Å²) in [4.78, 5) is 8.80. The molecule has 1 aliphatic heterocycles. The summed E-state index contributed by atoms with van der Waals surface area (Å²) in [5, 5.41) is 3.14. The maximum atomic E-state index is 13.6. The summed E-state index contributed by atoms with van der Waals surface area (Å²) in [6.45, 7) is 6.41. The maximum Gasteiger partial charge on any atom is 0.243 e. The van der Waals surface area contributed by atoms with Crippen LogP contribution in [0.5, 0.6) is 0 Å². The van der Waals surface area contributed by atoms with Gasteiger partial charge < -0.3 is 5.32 Å². The van der Waals surface area contributed by atoms with E-state index in [1.165, 1.54) is 6.20 Å². The number of nitrogens with zero attached hydrogens (tertiary/aromatic N) is 3. The third kappa shape index (κ3) is 4.31. The summed E-state index contributed by atoms with van der Waals surface area (Å²) >= 11 is 0. The van der Waals surface area contributed by atoms with E-state index in [9.17, 15) is 17.2 Å². The molecule has 1 N–H and O–H groups in total. The topological polar surface area (TPSA) is 75.2 Å². The number of rotatable bonds is 5. The van der Waals surface area contributed by atoms with Crippen LogP contribution in [0.3, 0.4) is 0 Å². The molecule has 170 valence electrons. The Kier molecular flexibility index (Phi) is 6.13. The Morgan fingerprint density at radius 1 is 1.03 bits per heavy atom. The predicted molar refractivity (Wildman–Crippen MR) is 120 cm³/mol. The number of hydrogen-bond donors (Lipinski definition) is 1. The zero-order chi connectivity index (χ0) is 23.0. The molecule has 1 unspecified atom stereocenters. The highest BCUT2D eigenvalue weighted by molar-refractivity contribution is 7.89. The third-order valence-electron chi connectivity index (χ3n) is 5.85. The van der Waals surface area contributed by atoms with Crippen LogP contribution in [-0.2, 0) is 10.0 Å². The van der Waals surface area contributed by atoms with Gasteiger partial charge in [0.1, 0.15) is 5.82 Å². The van der Waals surface area contributed by atoms with E-state index < -0.39 is 21.7 Å². The van der Waals surface area contributed by atoms with Crippen LogP contribution < -0.4 is 5.32 Å². The molecule has 32 heavy (non-hydrogen) atoms. The van der Waals surface area contributed by atoms with Crippen LogP contribution in [0, 0.1) is 32.4 Å². The van der Waals surface area contributed by atoms with Crippen molar-refractivity contribution >= 4 is 26.9 Å². The maximum absolute atomic E-state index is 13.6. The molecule has 1 atom stereocenters. The van der Waals surface area contributed by atoms with Gasteiger partial charge in [0.2, 0.25) is 10.0 Å². The Morgan fingerprint density at radius 3 is 2.38 bits per heavy atom. The lowest BCUT2D eigenvalue weighted by atomic mass is 10.1. The second kappa shape index (κ2) is 8.71. The van der Waals surface area contributed by atoms with Crippen molar-refractivity contribution in [2.75, 3.05) is 18.4 Å². The normalized spacial score (nSPS) is 17.6. The van der Waals surface area contributed by atoms with Gasteiger partial charge >= 0.3 is 0 Å². The molecule has 3 aromatic rings. The SMILES string of the molecule is Cc1cc(C)c(S(=O)(=O)N2CCCCC2CNc2cnc3cc(F)c(F)cc3n2)c(C)c1. The summed E-state index contributed by atoms with van der Waals surface area (Å²) in [5.74, 6) is -1.58. The molecule has 0 spiro atoms. The van der Waals surface area contributed by atoms with Crippen LogP contribution >= 0.6 is 0 Å². The molecule has 1 fully saturated rings. The van der Waals surface area contributed by atoms with E-state index in [-0.39, 0.29) is 17.1 Å². The average Bonchev–Trinajstić information content (AvgIpc) is 2.72. The Hall–Kier alpha value is -2.65. The first-order valence-electron chi connectivity index (χ1n) is 10.6. The quantitative estimate of drug-likeness (QED) is 0.607. The molecule has 9 heteroatoms. The fourth-order valence-corrected chi connectivity index (χ4v) is 6.61. The van der Waals surface area contributed by atoms with Crippen LogP contribution in [0.2, 0.25) is 0 Å². The number of benzene rings is 2. The van der Waals surface area contributed by atoms with E-state index >= 15 is 0 Å². The lowest BCUT2D eigenvalue weighted by Crippen LogP contribution is -2.47. The lowest BCUT2D eigenvalue weighted by Gasteiger charge is -2.35. The Bertz CT molecular complexity index is 1260. The standard InChI is InChI=1S/C23H26F2N4O2S/c1-14-8-15(2)23(16(3)9-14)32(30,31)29-7-5-4-6-17(29)12-27-22-13-26-20-10-18(24)19(25)11-21(20)28-22/h8-11,13,17H,4-7,12H2,1-3H3,(H,27,28). The molecular formula is C23H26F2N4O2S. The summed E-state index contributed by atoms with van der Waals surface area (Å²) in [6, 6.07) is 5.54. The highest BCUT2D eigenvalue weighted by Crippen LogP contribution is 2.30. The lowest BCUT2D eigenvalue weighted by molar-refractivity contribution is 0.261. The first-order chi connectivity index (χ1) is 15.2. The first-order valence-corrected chi connectivity index (χ1v) is 12.1. The number of halogens is 2. The average molecular weight is 461 g/mol. The minimum atomic E-state index is -3.67. The van der Waals surface area contributed by atoms with Crippen LogP contribution in [0.25, 0.3) is 11.0 Å². The number of aromatic nitrogens is 2. The molecule has 1 aliphatic rings. The second-order valence-electron chi connectivity index (χ2n) is 8.38. The first kappa shape index (κ1) is 22.5. The van der Waals surface area contributed by atoms with Crippen molar-refractivity contribution < 1.29 is 17.2 Å². The minimum absolute atomic E-state index is 0.230. The van der Waals surface area contributed by atoms with Gasteiger partial charge in [-0.1, -0.05) is 24.1 Å². The number of nitrogens with one attached hydrogen (secondary N) is 1. The second-order valence-corrected chi connectivity index (χ2v) is 10.2. The van der Waals surface area contributed by atoms with Gasteiger partial charge in [0.15, 0.2) is 11.6 Å². The van der Waals surface area contributed by atoms with Crippen LogP contribution in [0.1, 0.15) is 36.0 Å². The zero-order valence-corrected chi connectivity index (χ0v) is 19.1. The molecule has 0 aliphatic carbocycles. The Labute approximate surface area is 186 Å². The van der Waals surface area contributed by atoms with Crippen LogP contribution in [0.15, 0.2) is 35.4 Å². The zero-order valence-electron chi connectivity index (χ0n) is 18.3. The van der Waals surface area contributed by atoms with Crippen molar-refractivity contribution in [3.8, 4) is 0 Å². The number of sulfonamides is 1. The van der Waals surface area contributed by atoms with E-state index in [1.54, 1.807) is 4.31 Å². The van der Waals surface area contributed by atoms with Crippen molar-refractivity contribution in [3.63, 3.8) is 0 Å². The van der Waals surface area contributed by atoms with Crippen molar-refractivity contribution in [1.82, 2.24) is 14.3 Å². The van der Waals surface area contributed by atoms with Gasteiger partial charge in [0, 0.05) is 31.3 Å². The summed E-state index contributed by atoms with van der Waals surface area (Å²) in [5.41, 5.74) is 3.00. The molecule has 0 radical (unpaired) electrons. The fraction of sp³-hybridized carbons (Fsp3) is 0.391. The number of aryl methyl sites for hydroxylation is 3. The molecule has 2 heterocycles. The molecule has 1 saturated heterocycles. The molecule has 1 aromatic heterocycles. The molecule has 0 saturated carbocycles. The van der Waals surface area contributed by atoms with Gasteiger partial charge in [-0.2, -0.15) is 4.31 Å².